The van der Waals surface area contributed by atoms with Crippen LogP contribution in [-0.2, 0) is 4.79 Å². The zero-order valence-electron chi connectivity index (χ0n) is 11.2. The van der Waals surface area contributed by atoms with Gasteiger partial charge in [-0.25, -0.2) is 4.79 Å². The zero-order chi connectivity index (χ0) is 14.4. The van der Waals surface area contributed by atoms with Gasteiger partial charge in [0.2, 0.25) is 5.91 Å². The van der Waals surface area contributed by atoms with E-state index in [2.05, 4.69) is 5.32 Å². The maximum atomic E-state index is 11.8. The fourth-order valence-corrected chi connectivity index (χ4v) is 2.20. The molecule has 0 bridgehead atoms. The van der Waals surface area contributed by atoms with Gasteiger partial charge in [-0.1, -0.05) is 30.3 Å². The molecule has 2 amide bonds. The van der Waals surface area contributed by atoms with Crippen molar-refractivity contribution in [1.29, 1.82) is 0 Å². The predicted molar refractivity (Wildman–Crippen MR) is 76.2 cm³/mol. The number of carbonyl (C=O) groups excluding carboxylic acids is 1. The highest BCUT2D eigenvalue weighted by atomic mass is 16.4. The summed E-state index contributed by atoms with van der Waals surface area (Å²) < 4.78 is 0. The van der Waals surface area contributed by atoms with Gasteiger partial charge in [-0.05, 0) is 24.5 Å². The SMILES string of the molecule is O=C(/C=C/c1ccccc1)NC1CCN(C(=O)O)CC1. The molecule has 0 aliphatic carbocycles. The van der Waals surface area contributed by atoms with Crippen LogP contribution in [0.1, 0.15) is 18.4 Å². The van der Waals surface area contributed by atoms with Crippen LogP contribution < -0.4 is 5.32 Å². The Bertz CT molecular complexity index is 491. The molecule has 2 N–H and O–H groups in total. The minimum absolute atomic E-state index is 0.0542. The molecule has 5 nitrogen and oxygen atoms in total. The van der Waals surface area contributed by atoms with E-state index in [4.69, 9.17) is 5.11 Å². The Kier molecular flexibility index (Phi) is 4.76. The second-order valence-electron chi connectivity index (χ2n) is 4.80. The number of nitrogens with one attached hydrogen (secondary N) is 1. The number of amides is 2. The molecule has 1 aromatic rings. The summed E-state index contributed by atoms with van der Waals surface area (Å²) in [6.45, 7) is 0.950. The van der Waals surface area contributed by atoms with Crippen LogP contribution in [0.3, 0.4) is 0 Å². The largest absolute Gasteiger partial charge is 0.465 e. The first-order valence-electron chi connectivity index (χ1n) is 6.66. The zero-order valence-corrected chi connectivity index (χ0v) is 11.2. The van der Waals surface area contributed by atoms with Gasteiger partial charge < -0.3 is 15.3 Å². The van der Waals surface area contributed by atoms with Crippen LogP contribution >= 0.6 is 0 Å². The van der Waals surface area contributed by atoms with E-state index in [1.54, 1.807) is 6.08 Å². The summed E-state index contributed by atoms with van der Waals surface area (Å²) in [4.78, 5) is 23.9. The van der Waals surface area contributed by atoms with E-state index >= 15 is 0 Å². The molecule has 106 valence electrons. The molecule has 0 atom stereocenters. The highest BCUT2D eigenvalue weighted by Gasteiger charge is 2.22. The van der Waals surface area contributed by atoms with Crippen molar-refractivity contribution >= 4 is 18.1 Å². The maximum Gasteiger partial charge on any atom is 0.407 e. The van der Waals surface area contributed by atoms with Crippen LogP contribution in [0.15, 0.2) is 36.4 Å². The van der Waals surface area contributed by atoms with E-state index in [1.807, 2.05) is 30.3 Å². The van der Waals surface area contributed by atoms with E-state index < -0.39 is 6.09 Å². The lowest BCUT2D eigenvalue weighted by Crippen LogP contribution is -2.45. The molecule has 0 spiro atoms. The highest BCUT2D eigenvalue weighted by molar-refractivity contribution is 5.91. The van der Waals surface area contributed by atoms with Crippen molar-refractivity contribution in [2.45, 2.75) is 18.9 Å². The van der Waals surface area contributed by atoms with Gasteiger partial charge in [0.05, 0.1) is 0 Å². The third kappa shape index (κ3) is 4.12. The van der Waals surface area contributed by atoms with Crippen molar-refractivity contribution in [3.05, 3.63) is 42.0 Å². The molecule has 0 saturated carbocycles. The average molecular weight is 274 g/mol. The van der Waals surface area contributed by atoms with Crippen LogP contribution in [0.4, 0.5) is 4.79 Å². The van der Waals surface area contributed by atoms with Crippen molar-refractivity contribution in [3.8, 4) is 0 Å². The van der Waals surface area contributed by atoms with Gasteiger partial charge in [0.15, 0.2) is 0 Å². The summed E-state index contributed by atoms with van der Waals surface area (Å²) in [5.74, 6) is -0.136. The fourth-order valence-electron chi connectivity index (χ4n) is 2.20. The molecule has 1 aromatic carbocycles. The van der Waals surface area contributed by atoms with Crippen LogP contribution in [0.25, 0.3) is 6.08 Å². The number of carbonyl (C=O) groups is 2. The quantitative estimate of drug-likeness (QED) is 0.828. The molecule has 1 saturated heterocycles. The topological polar surface area (TPSA) is 69.6 Å². The van der Waals surface area contributed by atoms with Gasteiger partial charge in [-0.2, -0.15) is 0 Å². The van der Waals surface area contributed by atoms with E-state index in [0.717, 1.165) is 5.56 Å². The van der Waals surface area contributed by atoms with Crippen molar-refractivity contribution in [2.24, 2.45) is 0 Å². The first kappa shape index (κ1) is 14.1. The van der Waals surface area contributed by atoms with E-state index in [0.29, 0.717) is 25.9 Å². The number of likely N-dealkylation sites (tertiary alicyclic amines) is 1. The van der Waals surface area contributed by atoms with Gasteiger partial charge in [0, 0.05) is 25.2 Å². The maximum absolute atomic E-state index is 11.8. The lowest BCUT2D eigenvalue weighted by atomic mass is 10.1. The van der Waals surface area contributed by atoms with Gasteiger partial charge in [-0.15, -0.1) is 0 Å². The van der Waals surface area contributed by atoms with Crippen LogP contribution in [0.2, 0.25) is 0 Å². The van der Waals surface area contributed by atoms with Crippen LogP contribution in [0.5, 0.6) is 0 Å². The fraction of sp³-hybridized carbons (Fsp3) is 0.333. The summed E-state index contributed by atoms with van der Waals surface area (Å²) in [6, 6.07) is 9.66. The smallest absolute Gasteiger partial charge is 0.407 e. The molecule has 1 heterocycles. The van der Waals surface area contributed by atoms with E-state index in [9.17, 15) is 9.59 Å². The summed E-state index contributed by atoms with van der Waals surface area (Å²) in [5, 5.41) is 11.7. The molecule has 0 aromatic heterocycles. The van der Waals surface area contributed by atoms with Crippen molar-refractivity contribution < 1.29 is 14.7 Å². The number of hydrogen-bond acceptors (Lipinski definition) is 2. The van der Waals surface area contributed by atoms with Gasteiger partial charge in [0.1, 0.15) is 0 Å². The summed E-state index contributed by atoms with van der Waals surface area (Å²) in [5.41, 5.74) is 0.975. The molecular weight excluding hydrogens is 256 g/mol. The molecule has 0 unspecified atom stereocenters. The summed E-state index contributed by atoms with van der Waals surface area (Å²) in [7, 11) is 0. The van der Waals surface area contributed by atoms with Gasteiger partial charge >= 0.3 is 6.09 Å². The summed E-state index contributed by atoms with van der Waals surface area (Å²) in [6.07, 6.45) is 3.72. The van der Waals surface area contributed by atoms with Crippen molar-refractivity contribution in [1.82, 2.24) is 10.2 Å². The van der Waals surface area contributed by atoms with E-state index in [1.165, 1.54) is 11.0 Å². The average Bonchev–Trinajstić information content (AvgIpc) is 2.47. The summed E-state index contributed by atoms with van der Waals surface area (Å²) >= 11 is 0. The molecule has 1 aliphatic rings. The Morgan fingerprint density at radius 1 is 1.20 bits per heavy atom. The van der Waals surface area contributed by atoms with E-state index in [-0.39, 0.29) is 11.9 Å². The Morgan fingerprint density at radius 3 is 2.45 bits per heavy atom. The number of nitrogens with zero attached hydrogens (tertiary/aromatic N) is 1. The van der Waals surface area contributed by atoms with Gasteiger partial charge in [-0.3, -0.25) is 4.79 Å². The number of carboxylic acid groups (broad SMARTS) is 1. The molecule has 20 heavy (non-hydrogen) atoms. The normalized spacial score (nSPS) is 16.3. The number of hydrogen-bond donors (Lipinski definition) is 2. The minimum atomic E-state index is -0.890. The third-order valence-electron chi connectivity index (χ3n) is 3.34. The number of piperidine rings is 1. The second kappa shape index (κ2) is 6.75. The Labute approximate surface area is 117 Å². The lowest BCUT2D eigenvalue weighted by Gasteiger charge is -2.30. The molecule has 1 aliphatic heterocycles. The number of rotatable bonds is 3. The van der Waals surface area contributed by atoms with Crippen molar-refractivity contribution in [2.75, 3.05) is 13.1 Å². The lowest BCUT2D eigenvalue weighted by molar-refractivity contribution is -0.117. The van der Waals surface area contributed by atoms with Crippen LogP contribution in [0, 0.1) is 0 Å². The number of benzene rings is 1. The molecule has 5 heteroatoms. The van der Waals surface area contributed by atoms with Crippen LogP contribution in [-0.4, -0.2) is 41.1 Å². The standard InChI is InChI=1S/C15H18N2O3/c18-14(7-6-12-4-2-1-3-5-12)16-13-8-10-17(11-9-13)15(19)20/h1-7,13H,8-11H2,(H,16,18)(H,19,20)/b7-6+. The Hall–Kier alpha value is -2.30. The molecule has 2 rings (SSSR count). The third-order valence-corrected chi connectivity index (χ3v) is 3.34. The monoisotopic (exact) mass is 274 g/mol. The predicted octanol–water partition coefficient (Wildman–Crippen LogP) is 1.96. The van der Waals surface area contributed by atoms with Gasteiger partial charge in [0.25, 0.3) is 0 Å². The molecular formula is C15H18N2O3. The second-order valence-corrected chi connectivity index (χ2v) is 4.80. The highest BCUT2D eigenvalue weighted by Crippen LogP contribution is 2.10. The van der Waals surface area contributed by atoms with Crippen molar-refractivity contribution in [3.63, 3.8) is 0 Å². The Morgan fingerprint density at radius 2 is 1.85 bits per heavy atom. The minimum Gasteiger partial charge on any atom is -0.465 e. The Balaban J connectivity index is 1.78. The molecule has 0 radical (unpaired) electrons. The molecule has 1 fully saturated rings. The first-order valence-corrected chi connectivity index (χ1v) is 6.66. The first-order chi connectivity index (χ1) is 9.65.